The topological polar surface area (TPSA) is 83.1 Å². The van der Waals surface area contributed by atoms with Gasteiger partial charge in [-0.2, -0.15) is 0 Å². The van der Waals surface area contributed by atoms with Gasteiger partial charge in [-0.3, -0.25) is 4.79 Å². The van der Waals surface area contributed by atoms with Gasteiger partial charge in [0.15, 0.2) is 5.16 Å². The first kappa shape index (κ1) is 20.5. The van der Waals surface area contributed by atoms with Crippen LogP contribution in [0.15, 0.2) is 72.0 Å². The van der Waals surface area contributed by atoms with Crippen molar-refractivity contribution in [2.45, 2.75) is 10.9 Å². The summed E-state index contributed by atoms with van der Waals surface area (Å²) < 4.78 is 5.37. The lowest BCUT2D eigenvalue weighted by Gasteiger charge is -2.27. The number of nitrogens with zero attached hydrogens (tertiary/aromatic N) is 3. The van der Waals surface area contributed by atoms with E-state index in [1.807, 2.05) is 60.7 Å². The van der Waals surface area contributed by atoms with E-state index in [9.17, 15) is 4.79 Å². The van der Waals surface area contributed by atoms with Crippen LogP contribution in [0.4, 0.5) is 11.5 Å². The lowest BCUT2D eigenvalue weighted by Crippen LogP contribution is -2.36. The van der Waals surface area contributed by atoms with E-state index in [0.717, 1.165) is 46.4 Å². The number of aromatic amines is 1. The molecule has 7 nitrogen and oxygen atoms in total. The van der Waals surface area contributed by atoms with E-state index in [1.54, 1.807) is 18.0 Å². The number of anilines is 2. The molecule has 0 spiro atoms. The predicted molar refractivity (Wildman–Crippen MR) is 127 cm³/mol. The van der Waals surface area contributed by atoms with Crippen molar-refractivity contribution in [1.82, 2.24) is 15.0 Å². The first-order valence-corrected chi connectivity index (χ1v) is 11.5. The van der Waals surface area contributed by atoms with Crippen molar-refractivity contribution in [3.63, 3.8) is 0 Å². The number of fused-ring (bicyclic) bond motifs is 1. The highest BCUT2D eigenvalue weighted by atomic mass is 32.2. The van der Waals surface area contributed by atoms with Gasteiger partial charge >= 0.3 is 0 Å². The van der Waals surface area contributed by atoms with Gasteiger partial charge in [-0.05, 0) is 42.0 Å². The molecule has 3 heterocycles. The average molecular weight is 446 g/mol. The monoisotopic (exact) mass is 445 g/mol. The normalized spacial score (nSPS) is 13.9. The second-order valence-corrected chi connectivity index (χ2v) is 8.47. The van der Waals surface area contributed by atoms with Gasteiger partial charge in [0.2, 0.25) is 0 Å². The minimum atomic E-state index is -0.151. The molecule has 32 heavy (non-hydrogen) atoms. The van der Waals surface area contributed by atoms with Gasteiger partial charge in [-0.15, -0.1) is 0 Å². The number of morpholine rings is 1. The number of rotatable bonds is 6. The summed E-state index contributed by atoms with van der Waals surface area (Å²) in [5, 5.41) is 3.81. The molecule has 0 aliphatic carbocycles. The van der Waals surface area contributed by atoms with Crippen molar-refractivity contribution in [2.24, 2.45) is 0 Å². The first-order valence-electron chi connectivity index (χ1n) is 10.5. The minimum absolute atomic E-state index is 0.151. The van der Waals surface area contributed by atoms with Gasteiger partial charge in [-0.25, -0.2) is 9.97 Å². The van der Waals surface area contributed by atoms with Crippen molar-refractivity contribution < 1.29 is 9.53 Å². The molecule has 8 heteroatoms. The fourth-order valence-corrected chi connectivity index (χ4v) is 4.39. The van der Waals surface area contributed by atoms with E-state index in [0.29, 0.717) is 24.5 Å². The summed E-state index contributed by atoms with van der Waals surface area (Å²) in [6, 6.07) is 19.4. The molecular weight excluding hydrogens is 422 g/mol. The molecule has 2 aromatic heterocycles. The van der Waals surface area contributed by atoms with Gasteiger partial charge in [0, 0.05) is 24.4 Å². The quantitative estimate of drug-likeness (QED) is 0.430. The number of ether oxygens (including phenoxy) is 1. The standard InChI is InChI=1S/C24H23N5O2S/c30-23(26-19-9-10-22(25-15-19)29-11-13-31-14-12-29)18-7-5-17(6-8-18)16-32-24-27-20-3-1-2-4-21(20)28-24/h1-10,15H,11-14,16H2,(H,26,30)(H,27,28). The predicted octanol–water partition coefficient (Wildman–Crippen LogP) is 4.34. The number of amides is 1. The highest BCUT2D eigenvalue weighted by Gasteiger charge is 2.13. The number of H-pyrrole nitrogens is 1. The Hall–Kier alpha value is -3.36. The summed E-state index contributed by atoms with van der Waals surface area (Å²) in [5.41, 5.74) is 4.42. The summed E-state index contributed by atoms with van der Waals surface area (Å²) in [4.78, 5) is 27.2. The number of pyridine rings is 1. The molecule has 2 aromatic carbocycles. The van der Waals surface area contributed by atoms with Crippen LogP contribution in [-0.2, 0) is 10.5 Å². The number of carbonyl (C=O) groups is 1. The van der Waals surface area contributed by atoms with Gasteiger partial charge in [0.05, 0.1) is 36.1 Å². The first-order chi connectivity index (χ1) is 15.7. The lowest BCUT2D eigenvalue weighted by atomic mass is 10.1. The van der Waals surface area contributed by atoms with Crippen molar-refractivity contribution in [3.05, 3.63) is 78.0 Å². The largest absolute Gasteiger partial charge is 0.378 e. The second-order valence-electron chi connectivity index (χ2n) is 7.50. The van der Waals surface area contributed by atoms with E-state index >= 15 is 0 Å². The van der Waals surface area contributed by atoms with E-state index in [1.165, 1.54) is 0 Å². The maximum absolute atomic E-state index is 12.6. The van der Waals surface area contributed by atoms with Crippen molar-refractivity contribution in [2.75, 3.05) is 36.5 Å². The molecule has 0 saturated carbocycles. The van der Waals surface area contributed by atoms with Crippen molar-refractivity contribution >= 4 is 40.2 Å². The number of carbonyl (C=O) groups excluding carboxylic acids is 1. The van der Waals surface area contributed by atoms with E-state index < -0.39 is 0 Å². The smallest absolute Gasteiger partial charge is 0.255 e. The molecule has 2 N–H and O–H groups in total. The van der Waals surface area contributed by atoms with Crippen molar-refractivity contribution in [3.8, 4) is 0 Å². The number of benzene rings is 2. The Morgan fingerprint density at radius 3 is 2.62 bits per heavy atom. The summed E-state index contributed by atoms with van der Waals surface area (Å²) in [6.07, 6.45) is 1.70. The molecule has 0 bridgehead atoms. The molecule has 1 amide bonds. The number of hydrogen-bond acceptors (Lipinski definition) is 6. The van der Waals surface area contributed by atoms with Crippen LogP contribution in [0.1, 0.15) is 15.9 Å². The second kappa shape index (κ2) is 9.42. The molecular formula is C24H23N5O2S. The lowest BCUT2D eigenvalue weighted by molar-refractivity contribution is 0.102. The fourth-order valence-electron chi connectivity index (χ4n) is 3.54. The van der Waals surface area contributed by atoms with Crippen LogP contribution in [0.25, 0.3) is 11.0 Å². The minimum Gasteiger partial charge on any atom is -0.378 e. The summed E-state index contributed by atoms with van der Waals surface area (Å²) in [7, 11) is 0. The molecule has 0 radical (unpaired) electrons. The van der Waals surface area contributed by atoms with Gasteiger partial charge < -0.3 is 19.9 Å². The van der Waals surface area contributed by atoms with Crippen LogP contribution >= 0.6 is 11.8 Å². The molecule has 1 aliphatic heterocycles. The van der Waals surface area contributed by atoms with Crippen LogP contribution in [0.5, 0.6) is 0 Å². The Labute approximate surface area is 190 Å². The Morgan fingerprint density at radius 2 is 1.88 bits per heavy atom. The van der Waals surface area contributed by atoms with Crippen LogP contribution < -0.4 is 10.2 Å². The third-order valence-electron chi connectivity index (χ3n) is 5.30. The number of hydrogen-bond donors (Lipinski definition) is 2. The molecule has 5 rings (SSSR count). The molecule has 1 aliphatic rings. The van der Waals surface area contributed by atoms with Gasteiger partial charge in [-0.1, -0.05) is 36.0 Å². The highest BCUT2D eigenvalue weighted by molar-refractivity contribution is 7.98. The highest BCUT2D eigenvalue weighted by Crippen LogP contribution is 2.23. The molecule has 1 saturated heterocycles. The summed E-state index contributed by atoms with van der Waals surface area (Å²) >= 11 is 1.64. The summed E-state index contributed by atoms with van der Waals surface area (Å²) in [6.45, 7) is 3.10. The number of thioether (sulfide) groups is 1. The molecule has 162 valence electrons. The van der Waals surface area contributed by atoms with Crippen LogP contribution in [0, 0.1) is 0 Å². The Balaban J connectivity index is 1.16. The van der Waals surface area contributed by atoms with Gasteiger partial charge in [0.25, 0.3) is 5.91 Å². The van der Waals surface area contributed by atoms with E-state index in [4.69, 9.17) is 4.74 Å². The zero-order chi connectivity index (χ0) is 21.8. The van der Waals surface area contributed by atoms with Crippen molar-refractivity contribution in [1.29, 1.82) is 0 Å². The number of nitrogens with one attached hydrogen (secondary N) is 2. The van der Waals surface area contributed by atoms with E-state index in [-0.39, 0.29) is 5.91 Å². The van der Waals surface area contributed by atoms with Crippen LogP contribution in [-0.4, -0.2) is 47.2 Å². The third kappa shape index (κ3) is 4.76. The van der Waals surface area contributed by atoms with Gasteiger partial charge in [0.1, 0.15) is 5.82 Å². The molecule has 4 aromatic rings. The Bertz CT molecular complexity index is 1170. The maximum atomic E-state index is 12.6. The number of aromatic nitrogens is 3. The Morgan fingerprint density at radius 1 is 1.06 bits per heavy atom. The number of imidazole rings is 1. The SMILES string of the molecule is O=C(Nc1ccc(N2CCOCC2)nc1)c1ccc(CSc2nc3ccccc3[nH]2)cc1. The summed E-state index contributed by atoms with van der Waals surface area (Å²) in [5.74, 6) is 1.52. The van der Waals surface area contributed by atoms with Crippen LogP contribution in [0.3, 0.4) is 0 Å². The molecule has 1 fully saturated rings. The zero-order valence-corrected chi connectivity index (χ0v) is 18.3. The average Bonchev–Trinajstić information content (AvgIpc) is 3.27. The fraction of sp³-hybridized carbons (Fsp3) is 0.208. The van der Waals surface area contributed by atoms with Crippen LogP contribution in [0.2, 0.25) is 0 Å². The Kier molecular flexibility index (Phi) is 6.04. The number of para-hydroxylation sites is 2. The van der Waals surface area contributed by atoms with E-state index in [2.05, 4.69) is 25.2 Å². The third-order valence-corrected chi connectivity index (χ3v) is 6.24. The maximum Gasteiger partial charge on any atom is 0.255 e. The molecule has 0 atom stereocenters. The zero-order valence-electron chi connectivity index (χ0n) is 17.5. The molecule has 0 unspecified atom stereocenters.